The first-order valence-electron chi connectivity index (χ1n) is 11.4. The number of carboxylic acids is 1. The second-order valence-electron chi connectivity index (χ2n) is 9.21. The fourth-order valence-corrected chi connectivity index (χ4v) is 4.81. The van der Waals surface area contributed by atoms with E-state index in [1.807, 2.05) is 42.5 Å². The Bertz CT molecular complexity index is 1180. The lowest BCUT2D eigenvalue weighted by atomic mass is 9.85. The van der Waals surface area contributed by atoms with Gasteiger partial charge in [-0.15, -0.1) is 0 Å². The molecule has 1 saturated carbocycles. The maximum Gasteiger partial charge on any atom is 0.392 e. The SMILES string of the molecule is C[C@H]([C@H](CNc1cc([C@@H](CC(=O)O)C2CC2)ccc1Cl)c1ccc2ccccc2c1)C(F)(F)F. The van der Waals surface area contributed by atoms with E-state index in [9.17, 15) is 23.1 Å². The van der Waals surface area contributed by atoms with Gasteiger partial charge in [0.05, 0.1) is 23.0 Å². The lowest BCUT2D eigenvalue weighted by Gasteiger charge is -2.28. The first-order chi connectivity index (χ1) is 16.1. The van der Waals surface area contributed by atoms with Gasteiger partial charge < -0.3 is 10.4 Å². The van der Waals surface area contributed by atoms with Gasteiger partial charge in [-0.1, -0.05) is 67.1 Å². The highest BCUT2D eigenvalue weighted by molar-refractivity contribution is 6.33. The van der Waals surface area contributed by atoms with Gasteiger partial charge in [0.1, 0.15) is 0 Å². The minimum atomic E-state index is -4.36. The number of rotatable bonds is 9. The summed E-state index contributed by atoms with van der Waals surface area (Å²) >= 11 is 6.38. The lowest BCUT2D eigenvalue weighted by molar-refractivity contribution is -0.174. The molecule has 180 valence electrons. The largest absolute Gasteiger partial charge is 0.481 e. The summed E-state index contributed by atoms with van der Waals surface area (Å²) in [6.45, 7) is 1.24. The van der Waals surface area contributed by atoms with Crippen LogP contribution in [0.1, 0.15) is 49.1 Å². The van der Waals surface area contributed by atoms with E-state index < -0.39 is 24.0 Å². The monoisotopic (exact) mass is 489 g/mol. The van der Waals surface area contributed by atoms with Crippen molar-refractivity contribution in [2.75, 3.05) is 11.9 Å². The summed E-state index contributed by atoms with van der Waals surface area (Å²) in [5.41, 5.74) is 1.98. The predicted molar refractivity (Wildman–Crippen MR) is 130 cm³/mol. The number of fused-ring (bicyclic) bond motifs is 1. The van der Waals surface area contributed by atoms with Gasteiger partial charge in [0, 0.05) is 12.5 Å². The quantitative estimate of drug-likeness (QED) is 0.321. The van der Waals surface area contributed by atoms with Crippen molar-refractivity contribution in [1.82, 2.24) is 0 Å². The summed E-state index contributed by atoms with van der Waals surface area (Å²) in [7, 11) is 0. The third kappa shape index (κ3) is 5.66. The molecule has 0 saturated heterocycles. The van der Waals surface area contributed by atoms with Crippen LogP contribution in [0.2, 0.25) is 5.02 Å². The van der Waals surface area contributed by atoms with Crippen LogP contribution < -0.4 is 5.32 Å². The number of aliphatic carboxylic acids is 1. The molecule has 0 heterocycles. The summed E-state index contributed by atoms with van der Waals surface area (Å²) < 4.78 is 41.3. The molecular weight excluding hydrogens is 463 g/mol. The number of benzene rings is 3. The van der Waals surface area contributed by atoms with Crippen LogP contribution in [0.5, 0.6) is 0 Å². The Hall–Kier alpha value is -2.73. The average molecular weight is 490 g/mol. The minimum Gasteiger partial charge on any atom is -0.481 e. The molecule has 0 radical (unpaired) electrons. The zero-order valence-electron chi connectivity index (χ0n) is 18.8. The van der Waals surface area contributed by atoms with Gasteiger partial charge in [-0.3, -0.25) is 4.79 Å². The summed E-state index contributed by atoms with van der Waals surface area (Å²) in [5.74, 6) is -3.07. The lowest BCUT2D eigenvalue weighted by Crippen LogP contribution is -2.30. The number of carbonyl (C=O) groups is 1. The molecule has 3 atom stereocenters. The highest BCUT2D eigenvalue weighted by Gasteiger charge is 2.42. The minimum absolute atomic E-state index is 0.0244. The number of halogens is 4. The molecule has 0 amide bonds. The molecule has 0 spiro atoms. The number of alkyl halides is 3. The average Bonchev–Trinajstić information content (AvgIpc) is 3.63. The topological polar surface area (TPSA) is 49.3 Å². The van der Waals surface area contributed by atoms with E-state index in [2.05, 4.69) is 5.32 Å². The van der Waals surface area contributed by atoms with Crippen LogP contribution in [0.4, 0.5) is 18.9 Å². The molecular formula is C27H27ClF3NO2. The second-order valence-corrected chi connectivity index (χ2v) is 9.61. The van der Waals surface area contributed by atoms with Crippen molar-refractivity contribution >= 4 is 34.0 Å². The van der Waals surface area contributed by atoms with Gasteiger partial charge in [-0.2, -0.15) is 13.2 Å². The molecule has 7 heteroatoms. The summed E-state index contributed by atoms with van der Waals surface area (Å²) in [6.07, 6.45) is -2.37. The van der Waals surface area contributed by atoms with Gasteiger partial charge >= 0.3 is 12.1 Å². The predicted octanol–water partition coefficient (Wildman–Crippen LogP) is 7.86. The molecule has 3 aromatic rings. The molecule has 1 aliphatic carbocycles. The van der Waals surface area contributed by atoms with Crippen molar-refractivity contribution in [3.63, 3.8) is 0 Å². The molecule has 4 rings (SSSR count). The zero-order chi connectivity index (χ0) is 24.5. The number of anilines is 1. The summed E-state index contributed by atoms with van der Waals surface area (Å²) in [6, 6.07) is 18.3. The van der Waals surface area contributed by atoms with Crippen LogP contribution in [0.15, 0.2) is 60.7 Å². The fraction of sp³-hybridized carbons (Fsp3) is 0.370. The van der Waals surface area contributed by atoms with Gasteiger partial charge in [0.15, 0.2) is 0 Å². The molecule has 0 aliphatic heterocycles. The third-order valence-corrected chi connectivity index (χ3v) is 7.17. The Kier molecular flexibility index (Phi) is 7.08. The fourth-order valence-electron chi connectivity index (χ4n) is 4.62. The molecule has 2 N–H and O–H groups in total. The Morgan fingerprint density at radius 2 is 1.74 bits per heavy atom. The van der Waals surface area contributed by atoms with Crippen molar-refractivity contribution in [3.05, 3.63) is 76.8 Å². The van der Waals surface area contributed by atoms with E-state index in [4.69, 9.17) is 11.6 Å². The van der Waals surface area contributed by atoms with E-state index in [1.165, 1.54) is 6.92 Å². The highest BCUT2D eigenvalue weighted by atomic mass is 35.5. The van der Waals surface area contributed by atoms with Crippen molar-refractivity contribution in [2.45, 2.75) is 44.2 Å². The number of nitrogens with one attached hydrogen (secondary N) is 1. The van der Waals surface area contributed by atoms with E-state index in [0.717, 1.165) is 29.2 Å². The highest BCUT2D eigenvalue weighted by Crippen LogP contribution is 2.46. The zero-order valence-corrected chi connectivity index (χ0v) is 19.5. The van der Waals surface area contributed by atoms with E-state index in [1.54, 1.807) is 18.2 Å². The Morgan fingerprint density at radius 3 is 2.38 bits per heavy atom. The van der Waals surface area contributed by atoms with Crippen LogP contribution >= 0.6 is 11.6 Å². The van der Waals surface area contributed by atoms with Gasteiger partial charge in [0.25, 0.3) is 0 Å². The van der Waals surface area contributed by atoms with E-state index in [-0.39, 0.29) is 18.9 Å². The van der Waals surface area contributed by atoms with Crippen LogP contribution in [0.3, 0.4) is 0 Å². The molecule has 34 heavy (non-hydrogen) atoms. The first-order valence-corrected chi connectivity index (χ1v) is 11.8. The number of hydrogen-bond acceptors (Lipinski definition) is 2. The number of carboxylic acid groups (broad SMARTS) is 1. The van der Waals surface area contributed by atoms with E-state index in [0.29, 0.717) is 22.2 Å². The van der Waals surface area contributed by atoms with Gasteiger partial charge in [-0.05, 0) is 58.7 Å². The Labute approximate surface area is 201 Å². The maximum atomic E-state index is 13.8. The van der Waals surface area contributed by atoms with Crippen LogP contribution in [0.25, 0.3) is 10.8 Å². The molecule has 1 aliphatic rings. The summed E-state index contributed by atoms with van der Waals surface area (Å²) in [5, 5.41) is 14.7. The van der Waals surface area contributed by atoms with Crippen LogP contribution in [-0.2, 0) is 4.79 Å². The smallest absolute Gasteiger partial charge is 0.392 e. The molecule has 1 fully saturated rings. The summed E-state index contributed by atoms with van der Waals surface area (Å²) in [4.78, 5) is 11.4. The second kappa shape index (κ2) is 9.87. The number of hydrogen-bond donors (Lipinski definition) is 2. The molecule has 0 aromatic heterocycles. The normalized spacial score (nSPS) is 16.7. The third-order valence-electron chi connectivity index (χ3n) is 6.84. The van der Waals surface area contributed by atoms with Crippen molar-refractivity contribution in [2.24, 2.45) is 11.8 Å². The maximum absolute atomic E-state index is 13.8. The molecule has 3 nitrogen and oxygen atoms in total. The first kappa shape index (κ1) is 24.4. The standard InChI is InChI=1S/C27H27ClF3NO2/c1-16(27(29,30)31)23(20-9-6-17-4-2-3-5-19(17)12-20)15-32-25-13-21(10-11-24(25)28)22(14-26(33)34)18-7-8-18/h2-6,9-13,16,18,22-23,32H,7-8,14-15H2,1H3,(H,33,34)/t16-,22+,23+/m1/s1. The Morgan fingerprint density at radius 1 is 1.06 bits per heavy atom. The van der Waals surface area contributed by atoms with Crippen molar-refractivity contribution < 1.29 is 23.1 Å². The van der Waals surface area contributed by atoms with Gasteiger partial charge in [-0.25, -0.2) is 0 Å². The van der Waals surface area contributed by atoms with E-state index >= 15 is 0 Å². The molecule has 0 bridgehead atoms. The van der Waals surface area contributed by atoms with Crippen molar-refractivity contribution in [1.29, 1.82) is 0 Å². The van der Waals surface area contributed by atoms with Crippen molar-refractivity contribution in [3.8, 4) is 0 Å². The van der Waals surface area contributed by atoms with Crippen LogP contribution in [-0.4, -0.2) is 23.8 Å². The molecule has 3 aromatic carbocycles. The van der Waals surface area contributed by atoms with Gasteiger partial charge in [0.2, 0.25) is 0 Å². The molecule has 0 unspecified atom stereocenters. The van der Waals surface area contributed by atoms with Crippen LogP contribution in [0, 0.1) is 11.8 Å². The Balaban J connectivity index is 1.61.